The molecule has 2 heterocycles. The summed E-state index contributed by atoms with van der Waals surface area (Å²) in [6.45, 7) is 0. The van der Waals surface area contributed by atoms with E-state index in [4.69, 9.17) is 17.0 Å². The van der Waals surface area contributed by atoms with Crippen LogP contribution >= 0.6 is 12.2 Å². The van der Waals surface area contributed by atoms with Crippen molar-refractivity contribution in [3.8, 4) is 22.8 Å². The number of benzene rings is 2. The largest absolute Gasteiger partial charge is 0.465 e. The average molecular weight is 404 g/mol. The van der Waals surface area contributed by atoms with Crippen molar-refractivity contribution in [1.82, 2.24) is 25.1 Å². The van der Waals surface area contributed by atoms with Gasteiger partial charge in [0.2, 0.25) is 10.6 Å². The van der Waals surface area contributed by atoms with Crippen LogP contribution in [0.1, 0.15) is 15.9 Å². The molecule has 4 rings (SSSR count). The molecule has 2 aromatic heterocycles. The van der Waals surface area contributed by atoms with Crippen LogP contribution in [0, 0.1) is 4.77 Å². The molecule has 29 heavy (non-hydrogen) atoms. The number of nitrogens with zero attached hydrogens (tertiary/aromatic N) is 4. The van der Waals surface area contributed by atoms with Crippen molar-refractivity contribution in [3.05, 3.63) is 76.6 Å². The summed E-state index contributed by atoms with van der Waals surface area (Å²) in [5.41, 5.74) is 3.72. The maximum atomic E-state index is 11.5. The van der Waals surface area contributed by atoms with E-state index in [1.54, 1.807) is 30.5 Å². The maximum absolute atomic E-state index is 11.5. The molecule has 0 aliphatic rings. The number of aromatic amines is 2. The molecule has 0 saturated carbocycles. The molecule has 9 heteroatoms. The number of hydrogen-bond acceptors (Lipinski definition) is 6. The number of rotatable bonds is 5. The number of esters is 1. The Balaban J connectivity index is 1.61. The number of methoxy groups -OCH3 is 1. The van der Waals surface area contributed by atoms with Crippen molar-refractivity contribution >= 4 is 24.4 Å². The van der Waals surface area contributed by atoms with Gasteiger partial charge in [-0.15, -0.1) is 0 Å². The van der Waals surface area contributed by atoms with Crippen molar-refractivity contribution < 1.29 is 9.53 Å². The maximum Gasteiger partial charge on any atom is 0.337 e. The first-order valence-corrected chi connectivity index (χ1v) is 9.08. The Hall–Kier alpha value is -3.85. The van der Waals surface area contributed by atoms with Gasteiger partial charge >= 0.3 is 5.97 Å². The lowest BCUT2D eigenvalue weighted by Gasteiger charge is -2.00. The average Bonchev–Trinajstić information content (AvgIpc) is 3.39. The van der Waals surface area contributed by atoms with Gasteiger partial charge in [-0.05, 0) is 36.0 Å². The Morgan fingerprint density at radius 1 is 1.10 bits per heavy atom. The lowest BCUT2D eigenvalue weighted by molar-refractivity contribution is 0.0600. The van der Waals surface area contributed by atoms with Crippen LogP contribution in [0.5, 0.6) is 0 Å². The smallest absolute Gasteiger partial charge is 0.337 e. The SMILES string of the molecule is COC(=O)c1ccc(/C=N/n2c(-c3cc(-c4ccccc4)n[nH]3)n[nH]c2=S)cc1. The molecule has 4 aromatic rings. The topological polar surface area (TPSA) is 101 Å². The van der Waals surface area contributed by atoms with Crippen molar-refractivity contribution in [2.24, 2.45) is 5.10 Å². The molecule has 2 aromatic carbocycles. The molecule has 0 atom stereocenters. The quantitative estimate of drug-likeness (QED) is 0.300. The highest BCUT2D eigenvalue weighted by atomic mass is 32.1. The van der Waals surface area contributed by atoms with E-state index in [-0.39, 0.29) is 5.97 Å². The molecule has 0 fully saturated rings. The van der Waals surface area contributed by atoms with E-state index in [1.807, 2.05) is 36.4 Å². The lowest BCUT2D eigenvalue weighted by Crippen LogP contribution is -2.01. The fourth-order valence-electron chi connectivity index (χ4n) is 2.71. The minimum absolute atomic E-state index is 0.346. The number of carbonyl (C=O) groups excluding carboxylic acids is 1. The normalized spacial score (nSPS) is 11.1. The van der Waals surface area contributed by atoms with Crippen molar-refractivity contribution in [3.63, 3.8) is 0 Å². The van der Waals surface area contributed by atoms with Gasteiger partial charge < -0.3 is 4.74 Å². The standard InChI is InChI=1S/C20H16N6O2S/c1-28-19(27)15-9-7-13(8-10-15)12-21-26-18(24-25-20(26)29)17-11-16(22-23-17)14-5-3-2-4-6-14/h2-12H,1H3,(H,22,23)(H,25,29)/b21-12+. The zero-order valence-electron chi connectivity index (χ0n) is 15.4. The van der Waals surface area contributed by atoms with E-state index >= 15 is 0 Å². The number of nitrogens with one attached hydrogen (secondary N) is 2. The molecule has 0 spiro atoms. The highest BCUT2D eigenvalue weighted by Gasteiger charge is 2.12. The third-order valence-electron chi connectivity index (χ3n) is 4.19. The van der Waals surface area contributed by atoms with Gasteiger partial charge in [0.1, 0.15) is 5.69 Å². The Morgan fingerprint density at radius 2 is 1.86 bits per heavy atom. The van der Waals surface area contributed by atoms with E-state index in [9.17, 15) is 4.79 Å². The Bertz CT molecular complexity index is 1220. The second-order valence-electron chi connectivity index (χ2n) is 6.06. The van der Waals surface area contributed by atoms with Gasteiger partial charge in [-0.3, -0.25) is 5.10 Å². The highest BCUT2D eigenvalue weighted by Crippen LogP contribution is 2.22. The minimum atomic E-state index is -0.388. The fraction of sp³-hybridized carbons (Fsp3) is 0.0500. The van der Waals surface area contributed by atoms with Crippen LogP contribution in [0.15, 0.2) is 65.8 Å². The van der Waals surface area contributed by atoms with Gasteiger partial charge in [0.05, 0.1) is 24.6 Å². The van der Waals surface area contributed by atoms with E-state index < -0.39 is 0 Å². The van der Waals surface area contributed by atoms with Crippen LogP contribution in [-0.2, 0) is 4.74 Å². The highest BCUT2D eigenvalue weighted by molar-refractivity contribution is 7.71. The first-order valence-electron chi connectivity index (χ1n) is 8.67. The van der Waals surface area contributed by atoms with Crippen LogP contribution < -0.4 is 0 Å². The summed E-state index contributed by atoms with van der Waals surface area (Å²) in [4.78, 5) is 11.5. The molecule has 0 bridgehead atoms. The van der Waals surface area contributed by atoms with Gasteiger partial charge in [-0.25, -0.2) is 9.89 Å². The second-order valence-corrected chi connectivity index (χ2v) is 6.44. The van der Waals surface area contributed by atoms with E-state index in [0.29, 0.717) is 21.9 Å². The zero-order valence-corrected chi connectivity index (χ0v) is 16.2. The molecular weight excluding hydrogens is 388 g/mol. The van der Waals surface area contributed by atoms with Crippen molar-refractivity contribution in [2.45, 2.75) is 0 Å². The number of hydrogen-bond donors (Lipinski definition) is 2. The summed E-state index contributed by atoms with van der Waals surface area (Å²) >= 11 is 5.29. The summed E-state index contributed by atoms with van der Waals surface area (Å²) in [6, 6.07) is 18.6. The summed E-state index contributed by atoms with van der Waals surface area (Å²) < 4.78 is 6.55. The van der Waals surface area contributed by atoms with Gasteiger partial charge in [0.25, 0.3) is 0 Å². The van der Waals surface area contributed by atoms with Crippen molar-refractivity contribution in [1.29, 1.82) is 0 Å². The monoisotopic (exact) mass is 404 g/mol. The van der Waals surface area contributed by atoms with Crippen LogP contribution in [-0.4, -0.2) is 44.4 Å². The molecule has 0 unspecified atom stereocenters. The van der Waals surface area contributed by atoms with Gasteiger partial charge in [-0.2, -0.15) is 20.0 Å². The summed E-state index contributed by atoms with van der Waals surface area (Å²) in [7, 11) is 1.35. The molecule has 8 nitrogen and oxygen atoms in total. The fourth-order valence-corrected chi connectivity index (χ4v) is 2.89. The van der Waals surface area contributed by atoms with Crippen LogP contribution in [0.25, 0.3) is 22.8 Å². The van der Waals surface area contributed by atoms with Gasteiger partial charge in [0.15, 0.2) is 0 Å². The minimum Gasteiger partial charge on any atom is -0.465 e. The molecule has 0 aliphatic carbocycles. The predicted molar refractivity (Wildman–Crippen MR) is 111 cm³/mol. The van der Waals surface area contributed by atoms with Gasteiger partial charge in [0, 0.05) is 5.56 Å². The number of carbonyl (C=O) groups is 1. The molecule has 0 amide bonds. The van der Waals surface area contributed by atoms with E-state index in [1.165, 1.54) is 11.8 Å². The van der Waals surface area contributed by atoms with Crippen LogP contribution in [0.4, 0.5) is 0 Å². The lowest BCUT2D eigenvalue weighted by atomic mass is 10.1. The Morgan fingerprint density at radius 3 is 2.59 bits per heavy atom. The predicted octanol–water partition coefficient (Wildman–Crippen LogP) is 3.67. The molecular formula is C20H16N6O2S. The van der Waals surface area contributed by atoms with Gasteiger partial charge in [-0.1, -0.05) is 42.5 Å². The second kappa shape index (κ2) is 8.03. The van der Waals surface area contributed by atoms with Crippen LogP contribution in [0.3, 0.4) is 0 Å². The summed E-state index contributed by atoms with van der Waals surface area (Å²) in [5.74, 6) is 0.119. The van der Waals surface area contributed by atoms with Crippen molar-refractivity contribution in [2.75, 3.05) is 7.11 Å². The summed E-state index contributed by atoms with van der Waals surface area (Å²) in [5, 5.41) is 18.7. The first kappa shape index (κ1) is 18.5. The first-order chi connectivity index (χ1) is 14.2. The Kier molecular flexibility index (Phi) is 5.12. The number of ether oxygens (including phenoxy) is 1. The van der Waals surface area contributed by atoms with E-state index in [0.717, 1.165) is 16.8 Å². The van der Waals surface area contributed by atoms with E-state index in [2.05, 4.69) is 25.5 Å². The summed E-state index contributed by atoms with van der Waals surface area (Å²) in [6.07, 6.45) is 1.63. The zero-order chi connectivity index (χ0) is 20.2. The molecule has 0 saturated heterocycles. The number of aromatic nitrogens is 5. The molecule has 0 aliphatic heterocycles. The third kappa shape index (κ3) is 3.90. The number of H-pyrrole nitrogens is 2. The van der Waals surface area contributed by atoms with Crippen LogP contribution in [0.2, 0.25) is 0 Å². The molecule has 0 radical (unpaired) electrons. The molecule has 2 N–H and O–H groups in total. The molecule has 144 valence electrons. The Labute approximate surface area is 170 Å². The third-order valence-corrected chi connectivity index (χ3v) is 4.46.